The maximum absolute atomic E-state index is 13.0. The van der Waals surface area contributed by atoms with Crippen molar-refractivity contribution in [3.8, 4) is 0 Å². The number of hydrogen-bond acceptors (Lipinski definition) is 4. The molecule has 0 bridgehead atoms. The Hall–Kier alpha value is -2.41. The summed E-state index contributed by atoms with van der Waals surface area (Å²) in [6.45, 7) is 1.32. The van der Waals surface area contributed by atoms with Crippen LogP contribution in [0.4, 0.5) is 9.18 Å². The van der Waals surface area contributed by atoms with Crippen LogP contribution in [0.25, 0.3) is 6.08 Å². The SMILES string of the molecule is CNC(=O)NC(=O)[C@H](C)OC(=O)/C=C/c1ccc(F)c(Cl)c1. The van der Waals surface area contributed by atoms with E-state index >= 15 is 0 Å². The third-order valence-corrected chi connectivity index (χ3v) is 2.77. The largest absolute Gasteiger partial charge is 0.449 e. The minimum Gasteiger partial charge on any atom is -0.449 e. The number of ether oxygens (including phenoxy) is 1. The van der Waals surface area contributed by atoms with E-state index < -0.39 is 29.8 Å². The molecule has 118 valence electrons. The van der Waals surface area contributed by atoms with Gasteiger partial charge in [-0.1, -0.05) is 17.7 Å². The van der Waals surface area contributed by atoms with Gasteiger partial charge in [-0.25, -0.2) is 14.0 Å². The molecule has 8 heteroatoms. The van der Waals surface area contributed by atoms with Crippen molar-refractivity contribution in [3.63, 3.8) is 0 Å². The molecule has 0 aliphatic heterocycles. The number of amides is 3. The predicted octanol–water partition coefficient (Wildman–Crippen LogP) is 1.88. The molecule has 0 aliphatic carbocycles. The Balaban J connectivity index is 2.58. The van der Waals surface area contributed by atoms with Gasteiger partial charge in [0.05, 0.1) is 5.02 Å². The molecule has 1 aromatic rings. The van der Waals surface area contributed by atoms with Gasteiger partial charge >= 0.3 is 12.0 Å². The monoisotopic (exact) mass is 328 g/mol. The van der Waals surface area contributed by atoms with Crippen LogP contribution in [0.2, 0.25) is 5.02 Å². The zero-order valence-electron chi connectivity index (χ0n) is 11.9. The highest BCUT2D eigenvalue weighted by Gasteiger charge is 2.18. The summed E-state index contributed by atoms with van der Waals surface area (Å²) in [5.41, 5.74) is 0.491. The predicted molar refractivity (Wildman–Crippen MR) is 78.6 cm³/mol. The topological polar surface area (TPSA) is 84.5 Å². The van der Waals surface area contributed by atoms with E-state index in [1.807, 2.05) is 5.32 Å². The average Bonchev–Trinajstić information content (AvgIpc) is 2.48. The molecule has 0 saturated heterocycles. The van der Waals surface area contributed by atoms with Crippen LogP contribution in [0.3, 0.4) is 0 Å². The van der Waals surface area contributed by atoms with E-state index in [0.717, 1.165) is 12.1 Å². The Morgan fingerprint density at radius 1 is 1.36 bits per heavy atom. The first-order valence-electron chi connectivity index (χ1n) is 6.19. The number of urea groups is 1. The average molecular weight is 329 g/mol. The highest BCUT2D eigenvalue weighted by Crippen LogP contribution is 2.16. The second-order valence-electron chi connectivity index (χ2n) is 4.15. The lowest BCUT2D eigenvalue weighted by atomic mass is 10.2. The number of imide groups is 1. The minimum absolute atomic E-state index is 0.0751. The number of benzene rings is 1. The van der Waals surface area contributed by atoms with E-state index in [4.69, 9.17) is 16.3 Å². The smallest absolute Gasteiger partial charge is 0.331 e. The molecule has 0 unspecified atom stereocenters. The number of carbonyl (C=O) groups is 3. The number of rotatable bonds is 4. The molecule has 0 aliphatic rings. The summed E-state index contributed by atoms with van der Waals surface area (Å²) in [7, 11) is 1.34. The van der Waals surface area contributed by atoms with Crippen LogP contribution in [-0.4, -0.2) is 31.1 Å². The summed E-state index contributed by atoms with van der Waals surface area (Å²) < 4.78 is 17.8. The molecule has 2 N–H and O–H groups in total. The molecule has 3 amide bonds. The molecule has 6 nitrogen and oxygen atoms in total. The summed E-state index contributed by atoms with van der Waals surface area (Å²) in [5.74, 6) is -2.12. The lowest BCUT2D eigenvalue weighted by Gasteiger charge is -2.11. The van der Waals surface area contributed by atoms with Crippen molar-refractivity contribution >= 4 is 35.6 Å². The summed E-state index contributed by atoms with van der Waals surface area (Å²) in [4.78, 5) is 34.0. The number of esters is 1. The summed E-state index contributed by atoms with van der Waals surface area (Å²) in [6.07, 6.45) is 1.27. The van der Waals surface area contributed by atoms with Gasteiger partial charge in [-0.2, -0.15) is 0 Å². The van der Waals surface area contributed by atoms with E-state index in [1.54, 1.807) is 0 Å². The van der Waals surface area contributed by atoms with Crippen LogP contribution >= 0.6 is 11.6 Å². The highest BCUT2D eigenvalue weighted by molar-refractivity contribution is 6.30. The fourth-order valence-electron chi connectivity index (χ4n) is 1.32. The fourth-order valence-corrected chi connectivity index (χ4v) is 1.51. The van der Waals surface area contributed by atoms with Crippen molar-refractivity contribution in [3.05, 3.63) is 40.7 Å². The summed E-state index contributed by atoms with van der Waals surface area (Å²) >= 11 is 5.60. The van der Waals surface area contributed by atoms with Gasteiger partial charge in [-0.05, 0) is 30.7 Å². The number of halogens is 2. The van der Waals surface area contributed by atoms with Crippen LogP contribution < -0.4 is 10.6 Å². The molecule has 0 heterocycles. The Morgan fingerprint density at radius 2 is 2.05 bits per heavy atom. The van der Waals surface area contributed by atoms with E-state index in [-0.39, 0.29) is 5.02 Å². The van der Waals surface area contributed by atoms with Crippen molar-refractivity contribution in [2.24, 2.45) is 0 Å². The van der Waals surface area contributed by atoms with Crippen molar-refractivity contribution in [1.29, 1.82) is 0 Å². The van der Waals surface area contributed by atoms with Crippen molar-refractivity contribution < 1.29 is 23.5 Å². The maximum atomic E-state index is 13.0. The third-order valence-electron chi connectivity index (χ3n) is 2.48. The normalized spacial score (nSPS) is 11.8. The van der Waals surface area contributed by atoms with Gasteiger partial charge < -0.3 is 10.1 Å². The van der Waals surface area contributed by atoms with Gasteiger partial charge in [-0.15, -0.1) is 0 Å². The molecule has 0 saturated carbocycles. The van der Waals surface area contributed by atoms with Crippen LogP contribution in [0, 0.1) is 5.82 Å². The Labute approximate surface area is 131 Å². The van der Waals surface area contributed by atoms with Crippen molar-refractivity contribution in [2.45, 2.75) is 13.0 Å². The molecule has 0 spiro atoms. The van der Waals surface area contributed by atoms with Crippen LogP contribution in [0.5, 0.6) is 0 Å². The molecular formula is C14H14ClFN2O4. The van der Waals surface area contributed by atoms with E-state index in [1.165, 1.54) is 32.2 Å². The molecule has 1 rings (SSSR count). The fraction of sp³-hybridized carbons (Fsp3) is 0.214. The molecule has 0 aromatic heterocycles. The molecule has 1 atom stereocenters. The minimum atomic E-state index is -1.15. The van der Waals surface area contributed by atoms with Gasteiger partial charge in [-0.3, -0.25) is 10.1 Å². The Kier molecular flexibility index (Phi) is 6.52. The molecular weight excluding hydrogens is 315 g/mol. The first-order valence-corrected chi connectivity index (χ1v) is 6.57. The van der Waals surface area contributed by atoms with Crippen molar-refractivity contribution in [1.82, 2.24) is 10.6 Å². The first kappa shape index (κ1) is 17.6. The lowest BCUT2D eigenvalue weighted by molar-refractivity contribution is -0.149. The van der Waals surface area contributed by atoms with Crippen LogP contribution in [0.1, 0.15) is 12.5 Å². The second-order valence-corrected chi connectivity index (χ2v) is 4.56. The number of hydrogen-bond donors (Lipinski definition) is 2. The van der Waals surface area contributed by atoms with E-state index in [9.17, 15) is 18.8 Å². The highest BCUT2D eigenvalue weighted by atomic mass is 35.5. The Bertz CT molecular complexity index is 619. The maximum Gasteiger partial charge on any atom is 0.331 e. The molecule has 1 aromatic carbocycles. The van der Waals surface area contributed by atoms with Gasteiger partial charge in [0, 0.05) is 13.1 Å². The van der Waals surface area contributed by atoms with Crippen LogP contribution in [0.15, 0.2) is 24.3 Å². The summed E-state index contributed by atoms with van der Waals surface area (Å²) in [6, 6.07) is 3.21. The quantitative estimate of drug-likeness (QED) is 0.653. The van der Waals surface area contributed by atoms with Gasteiger partial charge in [0.15, 0.2) is 6.10 Å². The molecule has 22 heavy (non-hydrogen) atoms. The zero-order chi connectivity index (χ0) is 16.7. The van der Waals surface area contributed by atoms with E-state index in [2.05, 4.69) is 5.32 Å². The van der Waals surface area contributed by atoms with Gasteiger partial charge in [0.25, 0.3) is 5.91 Å². The molecule has 0 radical (unpaired) electrons. The number of carbonyl (C=O) groups excluding carboxylic acids is 3. The van der Waals surface area contributed by atoms with Crippen molar-refractivity contribution in [2.75, 3.05) is 7.05 Å². The van der Waals surface area contributed by atoms with E-state index in [0.29, 0.717) is 5.56 Å². The Morgan fingerprint density at radius 3 is 2.64 bits per heavy atom. The van der Waals surface area contributed by atoms with Crippen LogP contribution in [-0.2, 0) is 14.3 Å². The second kappa shape index (κ2) is 8.14. The third kappa shape index (κ3) is 5.53. The van der Waals surface area contributed by atoms with Gasteiger partial charge in [0.2, 0.25) is 0 Å². The standard InChI is InChI=1S/C14H14ClFN2O4/c1-8(13(20)18-14(21)17-2)22-12(19)6-4-9-3-5-11(16)10(15)7-9/h3-8H,1-2H3,(H2,17,18,20,21)/b6-4+/t8-/m0/s1. The van der Waals surface area contributed by atoms with Gasteiger partial charge in [0.1, 0.15) is 5.82 Å². The first-order chi connectivity index (χ1) is 10.3. The number of nitrogens with one attached hydrogen (secondary N) is 2. The zero-order valence-corrected chi connectivity index (χ0v) is 12.6. The molecule has 0 fully saturated rings. The lowest BCUT2D eigenvalue weighted by Crippen LogP contribution is -2.43. The summed E-state index contributed by atoms with van der Waals surface area (Å²) in [5, 5.41) is 4.09.